The van der Waals surface area contributed by atoms with Crippen LogP contribution < -0.4 is 9.47 Å². The van der Waals surface area contributed by atoms with Gasteiger partial charge in [-0.15, -0.1) is 0 Å². The maximum absolute atomic E-state index is 14.5. The standard InChI is InChI=1S/C31H36F3N3O2/c1-4-7-12-23(6-3)19-36(20-24-15-16-27-28(18-24)39-22-38-27)21-26-29(31(32,33)34)35-30(37(26)17-8-5-2)25-13-10-9-11-14-25/h6-7,9-16,18H,4-5,8,17,19-22H2,1-3H3/b12-7-,23-6+. The van der Waals surface area contributed by atoms with Gasteiger partial charge < -0.3 is 14.0 Å². The first-order chi connectivity index (χ1) is 18.8. The van der Waals surface area contributed by atoms with Crippen LogP contribution in [0.5, 0.6) is 11.5 Å². The molecule has 208 valence electrons. The molecular weight excluding hydrogens is 503 g/mol. The second kappa shape index (κ2) is 13.0. The average Bonchev–Trinajstić information content (AvgIpc) is 3.54. The summed E-state index contributed by atoms with van der Waals surface area (Å²) in [6, 6.07) is 14.8. The number of aromatic nitrogens is 2. The van der Waals surface area contributed by atoms with E-state index in [1.54, 1.807) is 4.57 Å². The predicted octanol–water partition coefficient (Wildman–Crippen LogP) is 8.01. The zero-order chi connectivity index (χ0) is 27.8. The van der Waals surface area contributed by atoms with Crippen LogP contribution in [-0.2, 0) is 25.8 Å². The maximum atomic E-state index is 14.5. The van der Waals surface area contributed by atoms with E-state index >= 15 is 0 Å². The summed E-state index contributed by atoms with van der Waals surface area (Å²) in [6.07, 6.45) is 4.03. The van der Waals surface area contributed by atoms with Gasteiger partial charge in [-0.05, 0) is 43.0 Å². The monoisotopic (exact) mass is 539 g/mol. The van der Waals surface area contributed by atoms with Crippen LogP contribution in [0.25, 0.3) is 11.4 Å². The molecule has 0 atom stereocenters. The smallest absolute Gasteiger partial charge is 0.435 e. The van der Waals surface area contributed by atoms with E-state index in [1.807, 2.05) is 79.4 Å². The number of hydrogen-bond donors (Lipinski definition) is 0. The summed E-state index contributed by atoms with van der Waals surface area (Å²) in [5.74, 6) is 1.68. The van der Waals surface area contributed by atoms with Gasteiger partial charge in [-0.2, -0.15) is 13.2 Å². The summed E-state index contributed by atoms with van der Waals surface area (Å²) in [5, 5.41) is 0. The molecule has 0 fully saturated rings. The first-order valence-electron chi connectivity index (χ1n) is 13.5. The van der Waals surface area contributed by atoms with Crippen molar-refractivity contribution >= 4 is 0 Å². The minimum atomic E-state index is -4.58. The highest BCUT2D eigenvalue weighted by Gasteiger charge is 2.39. The zero-order valence-corrected chi connectivity index (χ0v) is 22.8. The Morgan fingerprint density at radius 3 is 2.51 bits per heavy atom. The summed E-state index contributed by atoms with van der Waals surface area (Å²) in [6.45, 7) is 7.68. The normalized spacial score (nSPS) is 13.7. The topological polar surface area (TPSA) is 39.5 Å². The molecule has 4 rings (SSSR count). The Bertz CT molecular complexity index is 1300. The third kappa shape index (κ3) is 7.12. The fourth-order valence-corrected chi connectivity index (χ4v) is 4.68. The summed E-state index contributed by atoms with van der Waals surface area (Å²) in [5.41, 5.74) is 2.01. The Morgan fingerprint density at radius 1 is 1.05 bits per heavy atom. The quantitative estimate of drug-likeness (QED) is 0.219. The Hall–Kier alpha value is -3.52. The zero-order valence-electron chi connectivity index (χ0n) is 22.8. The van der Waals surface area contributed by atoms with Gasteiger partial charge in [0, 0.05) is 31.7 Å². The number of allylic oxidation sites excluding steroid dienone is 2. The molecule has 39 heavy (non-hydrogen) atoms. The van der Waals surface area contributed by atoms with Gasteiger partial charge in [0.05, 0.1) is 5.69 Å². The summed E-state index contributed by atoms with van der Waals surface area (Å²) in [4.78, 5) is 6.25. The fraction of sp³-hybridized carbons (Fsp3) is 0.387. The Kier molecular flexibility index (Phi) is 9.51. The maximum Gasteiger partial charge on any atom is 0.435 e. The van der Waals surface area contributed by atoms with Crippen LogP contribution >= 0.6 is 0 Å². The summed E-state index contributed by atoms with van der Waals surface area (Å²) >= 11 is 0. The molecule has 8 heteroatoms. The Balaban J connectivity index is 1.77. The number of hydrogen-bond acceptors (Lipinski definition) is 4. The molecule has 5 nitrogen and oxygen atoms in total. The number of fused-ring (bicyclic) bond motifs is 1. The molecule has 0 radical (unpaired) electrons. The molecule has 0 saturated heterocycles. The SMILES string of the molecule is C/C=C(\C=C/CC)CN(Cc1ccc2c(c1)OCO2)Cc1c(C(F)(F)F)nc(-c2ccccc2)n1CCCC. The highest BCUT2D eigenvalue weighted by atomic mass is 19.4. The molecule has 0 unspecified atom stereocenters. The average molecular weight is 540 g/mol. The van der Waals surface area contributed by atoms with E-state index in [9.17, 15) is 13.2 Å². The van der Waals surface area contributed by atoms with E-state index < -0.39 is 11.9 Å². The van der Waals surface area contributed by atoms with Crippen molar-refractivity contribution in [1.29, 1.82) is 0 Å². The molecule has 0 bridgehead atoms. The first-order valence-corrected chi connectivity index (χ1v) is 13.5. The van der Waals surface area contributed by atoms with E-state index in [0.717, 1.165) is 30.4 Å². The molecule has 1 aliphatic rings. The molecule has 0 spiro atoms. The molecule has 0 amide bonds. The lowest BCUT2D eigenvalue weighted by molar-refractivity contribution is -0.141. The van der Waals surface area contributed by atoms with E-state index in [-0.39, 0.29) is 19.0 Å². The number of benzene rings is 2. The van der Waals surface area contributed by atoms with Gasteiger partial charge in [0.15, 0.2) is 17.2 Å². The fourth-order valence-electron chi connectivity index (χ4n) is 4.68. The molecule has 0 saturated carbocycles. The molecule has 1 aliphatic heterocycles. The lowest BCUT2D eigenvalue weighted by atomic mass is 10.1. The van der Waals surface area contributed by atoms with Crippen LogP contribution in [0.4, 0.5) is 13.2 Å². The van der Waals surface area contributed by atoms with Crippen molar-refractivity contribution in [3.8, 4) is 22.9 Å². The van der Waals surface area contributed by atoms with Gasteiger partial charge in [-0.1, -0.05) is 74.9 Å². The van der Waals surface area contributed by atoms with Crippen LogP contribution in [0.2, 0.25) is 0 Å². The molecule has 2 heterocycles. The number of unbranched alkanes of at least 4 members (excludes halogenated alkanes) is 1. The number of imidazole rings is 1. The largest absolute Gasteiger partial charge is 0.454 e. The lowest BCUT2D eigenvalue weighted by Gasteiger charge is -2.25. The number of rotatable bonds is 12. The van der Waals surface area contributed by atoms with Gasteiger partial charge in [0.1, 0.15) is 5.82 Å². The second-order valence-corrected chi connectivity index (χ2v) is 9.61. The highest BCUT2D eigenvalue weighted by molar-refractivity contribution is 5.57. The van der Waals surface area contributed by atoms with Crippen LogP contribution in [-0.4, -0.2) is 27.8 Å². The number of ether oxygens (including phenoxy) is 2. The van der Waals surface area contributed by atoms with E-state index in [1.165, 1.54) is 0 Å². The van der Waals surface area contributed by atoms with Crippen molar-refractivity contribution in [3.05, 3.63) is 89.3 Å². The summed E-state index contributed by atoms with van der Waals surface area (Å²) < 4.78 is 56.1. The van der Waals surface area contributed by atoms with Crippen molar-refractivity contribution in [1.82, 2.24) is 14.5 Å². The molecule has 0 aliphatic carbocycles. The van der Waals surface area contributed by atoms with Crippen LogP contribution in [0.1, 0.15) is 57.0 Å². The van der Waals surface area contributed by atoms with Gasteiger partial charge in [0.2, 0.25) is 6.79 Å². The highest BCUT2D eigenvalue weighted by Crippen LogP contribution is 2.37. The van der Waals surface area contributed by atoms with Crippen molar-refractivity contribution in [2.24, 2.45) is 0 Å². The predicted molar refractivity (Wildman–Crippen MR) is 147 cm³/mol. The molecule has 1 aromatic heterocycles. The summed E-state index contributed by atoms with van der Waals surface area (Å²) in [7, 11) is 0. The van der Waals surface area contributed by atoms with Crippen molar-refractivity contribution in [3.63, 3.8) is 0 Å². The minimum absolute atomic E-state index is 0.0874. The molecule has 0 N–H and O–H groups in total. The van der Waals surface area contributed by atoms with Gasteiger partial charge in [-0.3, -0.25) is 4.90 Å². The molecule has 2 aromatic carbocycles. The third-order valence-electron chi connectivity index (χ3n) is 6.67. The van der Waals surface area contributed by atoms with Crippen molar-refractivity contribution < 1.29 is 22.6 Å². The van der Waals surface area contributed by atoms with Gasteiger partial charge in [0.25, 0.3) is 0 Å². The van der Waals surface area contributed by atoms with Crippen molar-refractivity contribution in [2.75, 3.05) is 13.3 Å². The Labute approximate surface area is 228 Å². The van der Waals surface area contributed by atoms with Crippen molar-refractivity contribution in [2.45, 2.75) is 65.8 Å². The minimum Gasteiger partial charge on any atom is -0.454 e. The second-order valence-electron chi connectivity index (χ2n) is 9.61. The van der Waals surface area contributed by atoms with E-state index in [4.69, 9.17) is 9.47 Å². The van der Waals surface area contributed by atoms with Gasteiger partial charge in [-0.25, -0.2) is 4.98 Å². The molecular formula is C31H36F3N3O2. The number of halogens is 3. The van der Waals surface area contributed by atoms with Crippen LogP contribution in [0, 0.1) is 0 Å². The first kappa shape index (κ1) is 28.5. The van der Waals surface area contributed by atoms with E-state index in [2.05, 4.69) is 18.0 Å². The number of alkyl halides is 3. The van der Waals surface area contributed by atoms with Gasteiger partial charge >= 0.3 is 6.18 Å². The third-order valence-corrected chi connectivity index (χ3v) is 6.67. The number of nitrogens with zero attached hydrogens (tertiary/aromatic N) is 3. The van der Waals surface area contributed by atoms with Crippen LogP contribution in [0.3, 0.4) is 0 Å². The van der Waals surface area contributed by atoms with Crippen LogP contribution in [0.15, 0.2) is 72.3 Å². The lowest BCUT2D eigenvalue weighted by Crippen LogP contribution is -2.28. The molecule has 3 aromatic rings. The Morgan fingerprint density at radius 2 is 1.82 bits per heavy atom. The van der Waals surface area contributed by atoms with E-state index in [0.29, 0.717) is 42.5 Å².